The van der Waals surface area contributed by atoms with Crippen LogP contribution >= 0.6 is 0 Å². The van der Waals surface area contributed by atoms with Crippen LogP contribution in [0.4, 0.5) is 5.82 Å². The molecule has 6 heteroatoms. The second kappa shape index (κ2) is 6.66. The van der Waals surface area contributed by atoms with Crippen molar-refractivity contribution in [1.29, 1.82) is 0 Å². The zero-order chi connectivity index (χ0) is 19.1. The number of hydrogen-bond acceptors (Lipinski definition) is 4. The zero-order valence-corrected chi connectivity index (χ0v) is 16.5. The molecule has 3 heterocycles. The molecule has 1 aliphatic heterocycles. The first-order valence-electron chi connectivity index (χ1n) is 9.92. The van der Waals surface area contributed by atoms with Crippen LogP contribution < -0.4 is 10.6 Å². The Morgan fingerprint density at radius 1 is 1.19 bits per heavy atom. The van der Waals surface area contributed by atoms with E-state index >= 15 is 0 Å². The van der Waals surface area contributed by atoms with Crippen LogP contribution in [0.5, 0.6) is 0 Å². The molecule has 2 fully saturated rings. The highest BCUT2D eigenvalue weighted by molar-refractivity contribution is 5.86. The number of pyridine rings is 1. The van der Waals surface area contributed by atoms with Crippen LogP contribution in [0, 0.1) is 5.41 Å². The molecule has 1 saturated carbocycles. The summed E-state index contributed by atoms with van der Waals surface area (Å²) in [5.41, 5.74) is 1.72. The van der Waals surface area contributed by atoms with E-state index < -0.39 is 5.54 Å². The van der Waals surface area contributed by atoms with Crippen LogP contribution in [0.25, 0.3) is 11.3 Å². The first-order valence-corrected chi connectivity index (χ1v) is 9.92. The van der Waals surface area contributed by atoms with Gasteiger partial charge in [-0.05, 0) is 56.6 Å². The van der Waals surface area contributed by atoms with E-state index in [2.05, 4.69) is 34.4 Å². The number of nitrogens with zero attached hydrogens (tertiary/aromatic N) is 3. The van der Waals surface area contributed by atoms with E-state index in [4.69, 9.17) is 0 Å². The average Bonchev–Trinajstić information content (AvgIpc) is 3.26. The largest absolute Gasteiger partial charge is 0.367 e. The van der Waals surface area contributed by atoms with Gasteiger partial charge >= 0.3 is 0 Å². The monoisotopic (exact) mass is 367 g/mol. The minimum Gasteiger partial charge on any atom is -0.367 e. The van der Waals surface area contributed by atoms with Crippen molar-refractivity contribution in [3.8, 4) is 11.3 Å². The summed E-state index contributed by atoms with van der Waals surface area (Å²) in [5.74, 6) is 0.939. The second-order valence-corrected chi connectivity index (χ2v) is 8.93. The van der Waals surface area contributed by atoms with Crippen molar-refractivity contribution in [3.63, 3.8) is 0 Å². The van der Waals surface area contributed by atoms with Gasteiger partial charge in [-0.15, -0.1) is 0 Å². The van der Waals surface area contributed by atoms with Gasteiger partial charge in [-0.25, -0.2) is 9.97 Å². The minimum atomic E-state index is -0.560. The lowest BCUT2D eigenvalue weighted by Crippen LogP contribution is -2.37. The molecule has 2 N–H and O–H groups in total. The molecule has 0 aromatic carbocycles. The summed E-state index contributed by atoms with van der Waals surface area (Å²) in [6.45, 7) is 7.37. The van der Waals surface area contributed by atoms with Crippen molar-refractivity contribution in [2.24, 2.45) is 5.41 Å². The summed E-state index contributed by atoms with van der Waals surface area (Å²) in [7, 11) is 0. The first-order chi connectivity index (χ1) is 12.9. The van der Waals surface area contributed by atoms with Crippen molar-refractivity contribution >= 4 is 11.7 Å². The molecule has 0 bridgehead atoms. The van der Waals surface area contributed by atoms with Crippen molar-refractivity contribution in [2.45, 2.75) is 64.5 Å². The van der Waals surface area contributed by atoms with Crippen LogP contribution in [-0.4, -0.2) is 33.0 Å². The Labute approximate surface area is 160 Å². The van der Waals surface area contributed by atoms with Gasteiger partial charge in [0, 0.05) is 30.5 Å². The molecule has 1 saturated heterocycles. The number of carbonyl (C=O) groups is 1. The summed E-state index contributed by atoms with van der Waals surface area (Å²) < 4.78 is 1.94. The van der Waals surface area contributed by atoms with E-state index in [1.165, 1.54) is 12.8 Å². The van der Waals surface area contributed by atoms with Gasteiger partial charge in [-0.1, -0.05) is 13.8 Å². The maximum atomic E-state index is 12.2. The van der Waals surface area contributed by atoms with Gasteiger partial charge in [0.1, 0.15) is 11.4 Å². The minimum absolute atomic E-state index is 0.0563. The van der Waals surface area contributed by atoms with E-state index in [0.29, 0.717) is 18.0 Å². The average molecular weight is 367 g/mol. The number of anilines is 1. The molecule has 0 radical (unpaired) electrons. The van der Waals surface area contributed by atoms with Gasteiger partial charge in [-0.2, -0.15) is 0 Å². The summed E-state index contributed by atoms with van der Waals surface area (Å²) in [4.78, 5) is 21.4. The van der Waals surface area contributed by atoms with E-state index in [0.717, 1.165) is 36.3 Å². The Kier molecular flexibility index (Phi) is 4.44. The summed E-state index contributed by atoms with van der Waals surface area (Å²) in [5, 5.41) is 6.56. The standard InChI is InChI=1S/C21H29N5O/c1-20(2)8-6-15(7-9-20)25-18-16(5-4-11-22-18)17-13-26(14-24-17)21(3)10-12-23-19(21)27/h4-5,11,13-15H,6-10,12H2,1-3H3,(H,22,25)(H,23,27). The molecule has 1 amide bonds. The second-order valence-electron chi connectivity index (χ2n) is 8.93. The third-order valence-corrected chi connectivity index (χ3v) is 6.30. The van der Waals surface area contributed by atoms with Crippen molar-refractivity contribution in [2.75, 3.05) is 11.9 Å². The topological polar surface area (TPSA) is 71.8 Å². The lowest BCUT2D eigenvalue weighted by molar-refractivity contribution is -0.125. The van der Waals surface area contributed by atoms with Gasteiger partial charge in [0.2, 0.25) is 5.91 Å². The molecule has 27 heavy (non-hydrogen) atoms. The van der Waals surface area contributed by atoms with E-state index in [9.17, 15) is 4.79 Å². The predicted molar refractivity (Wildman–Crippen MR) is 106 cm³/mol. The quantitative estimate of drug-likeness (QED) is 0.867. The molecular formula is C21H29N5O. The predicted octanol–water partition coefficient (Wildman–Crippen LogP) is 3.56. The highest BCUT2D eigenvalue weighted by atomic mass is 16.2. The molecule has 2 aromatic heterocycles. The van der Waals surface area contributed by atoms with Crippen LogP contribution in [0.2, 0.25) is 0 Å². The van der Waals surface area contributed by atoms with Gasteiger partial charge in [0.15, 0.2) is 0 Å². The Balaban J connectivity index is 1.56. The fraction of sp³-hybridized carbons (Fsp3) is 0.571. The number of carbonyl (C=O) groups excluding carboxylic acids is 1. The summed E-state index contributed by atoms with van der Waals surface area (Å²) in [6.07, 6.45) is 11.1. The van der Waals surface area contributed by atoms with Crippen LogP contribution in [0.15, 0.2) is 30.9 Å². The molecule has 0 spiro atoms. The lowest BCUT2D eigenvalue weighted by atomic mass is 9.75. The first kappa shape index (κ1) is 18.0. The Hall–Kier alpha value is -2.37. The van der Waals surface area contributed by atoms with Gasteiger partial charge < -0.3 is 15.2 Å². The number of rotatable bonds is 4. The number of amides is 1. The Morgan fingerprint density at radius 2 is 1.96 bits per heavy atom. The SMILES string of the molecule is CC1(C)CCC(Nc2ncccc2-c2cn(C3(C)CCNC3=O)cn2)CC1. The number of hydrogen-bond donors (Lipinski definition) is 2. The van der Waals surface area contributed by atoms with E-state index in [1.54, 1.807) is 6.33 Å². The van der Waals surface area contributed by atoms with Crippen molar-refractivity contribution < 1.29 is 4.79 Å². The Bertz CT molecular complexity index is 833. The van der Waals surface area contributed by atoms with E-state index in [1.807, 2.05) is 36.0 Å². The normalized spacial score (nSPS) is 25.4. The summed E-state index contributed by atoms with van der Waals surface area (Å²) in [6, 6.07) is 4.44. The van der Waals surface area contributed by atoms with Crippen LogP contribution in [-0.2, 0) is 10.3 Å². The zero-order valence-electron chi connectivity index (χ0n) is 16.5. The van der Waals surface area contributed by atoms with Crippen LogP contribution in [0.1, 0.15) is 52.9 Å². The maximum absolute atomic E-state index is 12.2. The molecule has 2 aliphatic rings. The molecule has 144 valence electrons. The highest BCUT2D eigenvalue weighted by Gasteiger charge is 2.39. The van der Waals surface area contributed by atoms with Crippen molar-refractivity contribution in [3.05, 3.63) is 30.9 Å². The van der Waals surface area contributed by atoms with Crippen LogP contribution in [0.3, 0.4) is 0 Å². The van der Waals surface area contributed by atoms with Gasteiger partial charge in [0.25, 0.3) is 0 Å². The number of nitrogens with one attached hydrogen (secondary N) is 2. The molecule has 1 aliphatic carbocycles. The molecule has 1 atom stereocenters. The fourth-order valence-corrected chi connectivity index (χ4v) is 4.17. The third-order valence-electron chi connectivity index (χ3n) is 6.30. The summed E-state index contributed by atoms with van der Waals surface area (Å²) >= 11 is 0. The molecule has 6 nitrogen and oxygen atoms in total. The number of imidazole rings is 1. The van der Waals surface area contributed by atoms with E-state index in [-0.39, 0.29) is 5.91 Å². The molecule has 2 aromatic rings. The highest BCUT2D eigenvalue weighted by Crippen LogP contribution is 2.37. The molecule has 1 unspecified atom stereocenters. The number of aromatic nitrogens is 3. The Morgan fingerprint density at radius 3 is 2.67 bits per heavy atom. The van der Waals surface area contributed by atoms with Crippen molar-refractivity contribution in [1.82, 2.24) is 19.9 Å². The molecule has 4 rings (SSSR count). The van der Waals surface area contributed by atoms with Gasteiger partial charge in [0.05, 0.1) is 12.0 Å². The smallest absolute Gasteiger partial charge is 0.246 e. The fourth-order valence-electron chi connectivity index (χ4n) is 4.17. The molecular weight excluding hydrogens is 338 g/mol. The third kappa shape index (κ3) is 3.45. The maximum Gasteiger partial charge on any atom is 0.246 e. The van der Waals surface area contributed by atoms with Gasteiger partial charge in [-0.3, -0.25) is 4.79 Å². The lowest BCUT2D eigenvalue weighted by Gasteiger charge is -2.35.